The molecular weight excluding hydrogens is 339 g/mol. The molecule has 9 heteroatoms. The van der Waals surface area contributed by atoms with Gasteiger partial charge in [0.1, 0.15) is 0 Å². The van der Waals surface area contributed by atoms with Gasteiger partial charge >= 0.3 is 6.18 Å². The topological polar surface area (TPSA) is 53.5 Å². The average molecular weight is 352 g/mol. The van der Waals surface area contributed by atoms with Gasteiger partial charge in [-0.05, 0) is 25.1 Å². The van der Waals surface area contributed by atoms with Crippen molar-refractivity contribution >= 4 is 40.1 Å². The van der Waals surface area contributed by atoms with Crippen molar-refractivity contribution in [1.82, 2.24) is 5.32 Å². The quantitative estimate of drug-likeness (QED) is 0.877. The summed E-state index contributed by atoms with van der Waals surface area (Å²) < 4.78 is 38.0. The minimum atomic E-state index is -4.49. The number of hydrogen-bond acceptors (Lipinski definition) is 4. The second-order valence-electron chi connectivity index (χ2n) is 4.56. The molecule has 1 aliphatic heterocycles. The minimum absolute atomic E-state index is 0.0508. The zero-order valence-electron chi connectivity index (χ0n) is 11.5. The van der Waals surface area contributed by atoms with E-state index in [9.17, 15) is 18.0 Å². The van der Waals surface area contributed by atoms with Crippen LogP contribution in [-0.2, 0) is 11.0 Å². The Morgan fingerprint density at radius 3 is 2.82 bits per heavy atom. The van der Waals surface area contributed by atoms with E-state index in [-0.39, 0.29) is 10.7 Å². The Kier molecular flexibility index (Phi) is 5.23. The van der Waals surface area contributed by atoms with Crippen LogP contribution in [0.15, 0.2) is 23.2 Å². The molecule has 1 atom stereocenters. The van der Waals surface area contributed by atoms with E-state index in [0.717, 1.165) is 24.7 Å². The lowest BCUT2D eigenvalue weighted by Gasteiger charge is -2.14. The minimum Gasteiger partial charge on any atom is -0.363 e. The molecule has 22 heavy (non-hydrogen) atoms. The fourth-order valence-corrected chi connectivity index (χ4v) is 2.72. The van der Waals surface area contributed by atoms with Gasteiger partial charge in [-0.1, -0.05) is 23.4 Å². The maximum atomic E-state index is 12.7. The van der Waals surface area contributed by atoms with Crippen LogP contribution < -0.4 is 10.6 Å². The second-order valence-corrected chi connectivity index (χ2v) is 6.29. The van der Waals surface area contributed by atoms with Crippen molar-refractivity contribution in [3.63, 3.8) is 0 Å². The van der Waals surface area contributed by atoms with Gasteiger partial charge in [-0.2, -0.15) is 13.2 Å². The Bertz CT molecular complexity index is 607. The third-order valence-electron chi connectivity index (χ3n) is 2.85. The molecule has 0 unspecified atom stereocenters. The standard InChI is InChI=1S/C13H13ClF3N3OS/c1-7(22-12-18-4-5-19-12)11(21)20-10-6-8(13(15,16)17)2-3-9(10)14/h2-3,6-7H,4-5H2,1H3,(H,18,19)(H,20,21)/t7-/m1/s1. The summed E-state index contributed by atoms with van der Waals surface area (Å²) >= 11 is 7.05. The van der Waals surface area contributed by atoms with Crippen LogP contribution in [0.2, 0.25) is 5.02 Å². The molecule has 4 nitrogen and oxygen atoms in total. The van der Waals surface area contributed by atoms with E-state index in [0.29, 0.717) is 11.7 Å². The van der Waals surface area contributed by atoms with E-state index in [4.69, 9.17) is 11.6 Å². The highest BCUT2D eigenvalue weighted by atomic mass is 35.5. The van der Waals surface area contributed by atoms with E-state index < -0.39 is 22.9 Å². The molecule has 2 N–H and O–H groups in total. The molecule has 0 aromatic heterocycles. The molecule has 0 saturated heterocycles. The van der Waals surface area contributed by atoms with E-state index >= 15 is 0 Å². The number of amidine groups is 1. The number of nitrogens with one attached hydrogen (secondary N) is 2. The number of alkyl halides is 3. The average Bonchev–Trinajstić information content (AvgIpc) is 2.92. The summed E-state index contributed by atoms with van der Waals surface area (Å²) in [5.41, 5.74) is -0.926. The van der Waals surface area contributed by atoms with Crippen LogP contribution in [0, 0.1) is 0 Å². The summed E-state index contributed by atoms with van der Waals surface area (Å²) in [5, 5.41) is 5.61. The van der Waals surface area contributed by atoms with Crippen LogP contribution in [0.25, 0.3) is 0 Å². The lowest BCUT2D eigenvalue weighted by molar-refractivity contribution is -0.137. The van der Waals surface area contributed by atoms with Gasteiger partial charge in [0.2, 0.25) is 5.91 Å². The number of halogens is 4. The fraction of sp³-hybridized carbons (Fsp3) is 0.385. The van der Waals surface area contributed by atoms with Crippen molar-refractivity contribution in [2.75, 3.05) is 18.4 Å². The van der Waals surface area contributed by atoms with Crippen molar-refractivity contribution in [3.05, 3.63) is 28.8 Å². The Morgan fingerprint density at radius 1 is 1.50 bits per heavy atom. The number of anilines is 1. The summed E-state index contributed by atoms with van der Waals surface area (Å²) in [6, 6.07) is 2.80. The third kappa shape index (κ3) is 4.30. The van der Waals surface area contributed by atoms with Crippen molar-refractivity contribution < 1.29 is 18.0 Å². The van der Waals surface area contributed by atoms with E-state index in [2.05, 4.69) is 15.6 Å². The first-order chi connectivity index (χ1) is 10.3. The lowest BCUT2D eigenvalue weighted by Crippen LogP contribution is -2.27. The smallest absolute Gasteiger partial charge is 0.363 e. The number of aliphatic imine (C=N–C) groups is 1. The van der Waals surface area contributed by atoms with Gasteiger partial charge in [-0.15, -0.1) is 0 Å². The summed E-state index contributed by atoms with van der Waals surface area (Å²) in [4.78, 5) is 16.2. The van der Waals surface area contributed by atoms with Crippen LogP contribution in [0.5, 0.6) is 0 Å². The molecule has 1 aromatic rings. The van der Waals surface area contributed by atoms with Gasteiger partial charge < -0.3 is 10.6 Å². The van der Waals surface area contributed by atoms with Crippen molar-refractivity contribution in [2.45, 2.75) is 18.3 Å². The largest absolute Gasteiger partial charge is 0.416 e. The monoisotopic (exact) mass is 351 g/mol. The molecule has 1 aliphatic rings. The van der Waals surface area contributed by atoms with E-state index in [1.807, 2.05) is 0 Å². The van der Waals surface area contributed by atoms with Crippen LogP contribution in [0.3, 0.4) is 0 Å². The fourth-order valence-electron chi connectivity index (χ4n) is 1.71. The predicted octanol–water partition coefficient (Wildman–Crippen LogP) is 3.38. The summed E-state index contributed by atoms with van der Waals surface area (Å²) in [7, 11) is 0. The number of nitrogens with zero attached hydrogens (tertiary/aromatic N) is 1. The van der Waals surface area contributed by atoms with Gasteiger partial charge in [0.05, 0.1) is 28.1 Å². The second kappa shape index (κ2) is 6.78. The van der Waals surface area contributed by atoms with Crippen LogP contribution in [-0.4, -0.2) is 29.4 Å². The molecule has 0 aliphatic carbocycles. The third-order valence-corrected chi connectivity index (χ3v) is 4.25. The number of thioether (sulfide) groups is 1. The highest BCUT2D eigenvalue weighted by Gasteiger charge is 2.31. The number of amides is 1. The Balaban J connectivity index is 2.07. The van der Waals surface area contributed by atoms with Gasteiger partial charge in [-0.25, -0.2) is 0 Å². The zero-order chi connectivity index (χ0) is 16.3. The summed E-state index contributed by atoms with van der Waals surface area (Å²) in [6.45, 7) is 3.01. The van der Waals surface area contributed by atoms with Crippen molar-refractivity contribution in [1.29, 1.82) is 0 Å². The normalized spacial score (nSPS) is 16.0. The molecule has 0 bridgehead atoms. The molecule has 1 amide bonds. The molecular formula is C13H13ClF3N3OS. The molecule has 1 heterocycles. The molecule has 0 spiro atoms. The highest BCUT2D eigenvalue weighted by molar-refractivity contribution is 8.14. The summed E-state index contributed by atoms with van der Waals surface area (Å²) in [5.74, 6) is -0.442. The molecule has 2 rings (SSSR count). The zero-order valence-corrected chi connectivity index (χ0v) is 13.1. The number of carbonyl (C=O) groups excluding carboxylic acids is 1. The number of rotatable bonds is 3. The van der Waals surface area contributed by atoms with Crippen molar-refractivity contribution in [2.24, 2.45) is 4.99 Å². The predicted molar refractivity (Wildman–Crippen MR) is 82.4 cm³/mol. The molecule has 0 radical (unpaired) electrons. The number of hydrogen-bond donors (Lipinski definition) is 2. The van der Waals surface area contributed by atoms with Gasteiger partial charge in [0, 0.05) is 6.54 Å². The lowest BCUT2D eigenvalue weighted by atomic mass is 10.2. The molecule has 1 aromatic carbocycles. The Hall–Kier alpha value is -1.41. The van der Waals surface area contributed by atoms with Crippen LogP contribution in [0.4, 0.5) is 18.9 Å². The molecule has 0 fully saturated rings. The van der Waals surface area contributed by atoms with Gasteiger partial charge in [-0.3, -0.25) is 9.79 Å². The number of benzene rings is 1. The van der Waals surface area contributed by atoms with Gasteiger partial charge in [0.15, 0.2) is 5.17 Å². The first-order valence-electron chi connectivity index (χ1n) is 6.40. The number of carbonyl (C=O) groups is 1. The van der Waals surface area contributed by atoms with Gasteiger partial charge in [0.25, 0.3) is 0 Å². The van der Waals surface area contributed by atoms with Crippen LogP contribution in [0.1, 0.15) is 12.5 Å². The highest BCUT2D eigenvalue weighted by Crippen LogP contribution is 2.34. The van der Waals surface area contributed by atoms with Crippen molar-refractivity contribution in [3.8, 4) is 0 Å². The maximum absolute atomic E-state index is 12.7. The first kappa shape index (κ1) is 17.0. The van der Waals surface area contributed by atoms with Crippen LogP contribution >= 0.6 is 23.4 Å². The van der Waals surface area contributed by atoms with E-state index in [1.165, 1.54) is 11.8 Å². The SMILES string of the molecule is C[C@@H](SC1=NCCN1)C(=O)Nc1cc(C(F)(F)F)ccc1Cl. The Morgan fingerprint density at radius 2 is 2.23 bits per heavy atom. The van der Waals surface area contributed by atoms with E-state index in [1.54, 1.807) is 6.92 Å². The molecule has 120 valence electrons. The Labute approximate surface area is 134 Å². The summed E-state index contributed by atoms with van der Waals surface area (Å²) in [6.07, 6.45) is -4.49. The first-order valence-corrected chi connectivity index (χ1v) is 7.65. The maximum Gasteiger partial charge on any atom is 0.416 e. The molecule has 0 saturated carbocycles.